The zero-order chi connectivity index (χ0) is 10.7. The third kappa shape index (κ3) is 2.78. The smallest absolute Gasteiger partial charge is 0.230 e. The molecule has 1 fully saturated rings. The maximum atomic E-state index is 5.39. The number of piperidine rings is 1. The number of aromatic nitrogens is 2. The van der Waals surface area contributed by atoms with Crippen LogP contribution in [0.15, 0.2) is 4.42 Å². The van der Waals surface area contributed by atoms with E-state index in [2.05, 4.69) is 22.0 Å². The number of hydrogen-bond donors (Lipinski definition) is 0. The van der Waals surface area contributed by atoms with E-state index in [-0.39, 0.29) is 0 Å². The lowest BCUT2D eigenvalue weighted by Crippen LogP contribution is -2.34. The molecular formula is C11H19N3O. The lowest BCUT2D eigenvalue weighted by atomic mass is 9.96. The topological polar surface area (TPSA) is 42.2 Å². The summed E-state index contributed by atoms with van der Waals surface area (Å²) in [5.74, 6) is 2.26. The van der Waals surface area contributed by atoms with Gasteiger partial charge in [-0.1, -0.05) is 13.3 Å². The van der Waals surface area contributed by atoms with E-state index in [4.69, 9.17) is 4.42 Å². The van der Waals surface area contributed by atoms with Crippen molar-refractivity contribution in [1.82, 2.24) is 15.1 Å². The second-order valence-electron chi connectivity index (χ2n) is 4.37. The Bertz CT molecular complexity index is 311. The Hall–Kier alpha value is -0.900. The van der Waals surface area contributed by atoms with Crippen molar-refractivity contribution in [1.29, 1.82) is 0 Å². The van der Waals surface area contributed by atoms with Crippen LogP contribution < -0.4 is 0 Å². The molecule has 1 aliphatic rings. The Morgan fingerprint density at radius 3 is 3.00 bits per heavy atom. The molecule has 2 rings (SSSR count). The first-order chi connectivity index (χ1) is 7.28. The summed E-state index contributed by atoms with van der Waals surface area (Å²) in [6, 6.07) is 0. The van der Waals surface area contributed by atoms with Gasteiger partial charge in [-0.15, -0.1) is 10.2 Å². The van der Waals surface area contributed by atoms with Gasteiger partial charge in [0.05, 0.1) is 6.54 Å². The van der Waals surface area contributed by atoms with Crippen molar-refractivity contribution in [3.63, 3.8) is 0 Å². The summed E-state index contributed by atoms with van der Waals surface area (Å²) in [5.41, 5.74) is 0. The molecule has 2 heterocycles. The molecule has 0 bridgehead atoms. The number of rotatable bonds is 3. The normalized spacial score (nSPS) is 23.2. The van der Waals surface area contributed by atoms with E-state index in [1.807, 2.05) is 6.92 Å². The second-order valence-corrected chi connectivity index (χ2v) is 4.37. The Morgan fingerprint density at radius 1 is 1.47 bits per heavy atom. The summed E-state index contributed by atoms with van der Waals surface area (Å²) in [6.45, 7) is 7.26. The Morgan fingerprint density at radius 2 is 2.33 bits per heavy atom. The van der Waals surface area contributed by atoms with Crippen molar-refractivity contribution in [2.24, 2.45) is 5.92 Å². The standard InChI is InChI=1S/C11H19N3O/c1-3-10-5-4-6-14(7-10)8-11-13-12-9(2)15-11/h10H,3-8H2,1-2H3/t10-/m0/s1. The number of likely N-dealkylation sites (tertiary alicyclic amines) is 1. The van der Waals surface area contributed by atoms with Crippen LogP contribution >= 0.6 is 0 Å². The van der Waals surface area contributed by atoms with Gasteiger partial charge in [0.1, 0.15) is 0 Å². The molecule has 1 aromatic heterocycles. The molecule has 0 amide bonds. The summed E-state index contributed by atoms with van der Waals surface area (Å²) in [4.78, 5) is 2.42. The minimum atomic E-state index is 0.661. The molecule has 0 radical (unpaired) electrons. The van der Waals surface area contributed by atoms with Gasteiger partial charge in [-0.05, 0) is 25.3 Å². The van der Waals surface area contributed by atoms with Gasteiger partial charge >= 0.3 is 0 Å². The Kier molecular flexibility index (Phi) is 3.36. The van der Waals surface area contributed by atoms with Crippen LogP contribution in [-0.4, -0.2) is 28.2 Å². The number of aryl methyl sites for hydroxylation is 1. The van der Waals surface area contributed by atoms with E-state index in [1.165, 1.54) is 25.8 Å². The lowest BCUT2D eigenvalue weighted by Gasteiger charge is -2.31. The summed E-state index contributed by atoms with van der Waals surface area (Å²) >= 11 is 0. The van der Waals surface area contributed by atoms with E-state index in [1.54, 1.807) is 0 Å². The molecule has 1 aromatic rings. The molecule has 0 N–H and O–H groups in total. The molecular weight excluding hydrogens is 190 g/mol. The van der Waals surface area contributed by atoms with Crippen molar-refractivity contribution in [3.8, 4) is 0 Å². The van der Waals surface area contributed by atoms with Crippen LogP contribution in [0.1, 0.15) is 38.0 Å². The molecule has 4 heteroatoms. The van der Waals surface area contributed by atoms with Crippen molar-refractivity contribution in [2.75, 3.05) is 13.1 Å². The molecule has 1 saturated heterocycles. The van der Waals surface area contributed by atoms with Gasteiger partial charge in [0, 0.05) is 13.5 Å². The average molecular weight is 209 g/mol. The summed E-state index contributed by atoms with van der Waals surface area (Å²) in [6.07, 6.45) is 3.95. The first-order valence-corrected chi connectivity index (χ1v) is 5.79. The minimum Gasteiger partial charge on any atom is -0.424 e. The van der Waals surface area contributed by atoms with Crippen molar-refractivity contribution in [2.45, 2.75) is 39.7 Å². The zero-order valence-corrected chi connectivity index (χ0v) is 9.57. The quantitative estimate of drug-likeness (QED) is 0.763. The van der Waals surface area contributed by atoms with Crippen molar-refractivity contribution in [3.05, 3.63) is 11.8 Å². The molecule has 4 nitrogen and oxygen atoms in total. The highest BCUT2D eigenvalue weighted by Crippen LogP contribution is 2.20. The third-order valence-electron chi connectivity index (χ3n) is 3.11. The Balaban J connectivity index is 1.88. The molecule has 84 valence electrons. The third-order valence-corrected chi connectivity index (χ3v) is 3.11. The maximum absolute atomic E-state index is 5.39. The van der Waals surface area contributed by atoms with Crippen molar-refractivity contribution < 1.29 is 4.42 Å². The molecule has 0 aromatic carbocycles. The van der Waals surface area contributed by atoms with Gasteiger partial charge < -0.3 is 4.42 Å². The fourth-order valence-corrected chi connectivity index (χ4v) is 2.22. The van der Waals surface area contributed by atoms with Crippen LogP contribution in [0.5, 0.6) is 0 Å². The van der Waals surface area contributed by atoms with Gasteiger partial charge in [-0.2, -0.15) is 0 Å². The molecule has 1 atom stereocenters. The van der Waals surface area contributed by atoms with E-state index in [0.29, 0.717) is 5.89 Å². The number of nitrogens with zero attached hydrogens (tertiary/aromatic N) is 3. The summed E-state index contributed by atoms with van der Waals surface area (Å²) < 4.78 is 5.39. The predicted octanol–water partition coefficient (Wildman–Crippen LogP) is 2.00. The molecule has 0 unspecified atom stereocenters. The highest BCUT2D eigenvalue weighted by Gasteiger charge is 2.19. The molecule has 0 aliphatic carbocycles. The highest BCUT2D eigenvalue weighted by atomic mass is 16.4. The molecule has 15 heavy (non-hydrogen) atoms. The van der Waals surface area contributed by atoms with Crippen LogP contribution in [0.4, 0.5) is 0 Å². The fourth-order valence-electron chi connectivity index (χ4n) is 2.22. The highest BCUT2D eigenvalue weighted by molar-refractivity contribution is 4.81. The second kappa shape index (κ2) is 4.75. The van der Waals surface area contributed by atoms with Gasteiger partial charge in [0.2, 0.25) is 11.8 Å². The fraction of sp³-hybridized carbons (Fsp3) is 0.818. The van der Waals surface area contributed by atoms with E-state index in [9.17, 15) is 0 Å². The summed E-state index contributed by atoms with van der Waals surface area (Å²) in [7, 11) is 0. The van der Waals surface area contributed by atoms with Gasteiger partial charge in [-0.3, -0.25) is 4.90 Å². The average Bonchev–Trinajstić information content (AvgIpc) is 2.64. The Labute approximate surface area is 90.7 Å². The molecule has 0 spiro atoms. The van der Waals surface area contributed by atoms with Gasteiger partial charge in [0.15, 0.2) is 0 Å². The molecule has 0 saturated carbocycles. The van der Waals surface area contributed by atoms with Crippen LogP contribution in [-0.2, 0) is 6.54 Å². The first-order valence-electron chi connectivity index (χ1n) is 5.79. The first kappa shape index (κ1) is 10.6. The van der Waals surface area contributed by atoms with Crippen LogP contribution in [0.25, 0.3) is 0 Å². The van der Waals surface area contributed by atoms with Crippen LogP contribution in [0, 0.1) is 12.8 Å². The number of hydrogen-bond acceptors (Lipinski definition) is 4. The van der Waals surface area contributed by atoms with Crippen LogP contribution in [0.2, 0.25) is 0 Å². The monoisotopic (exact) mass is 209 g/mol. The lowest BCUT2D eigenvalue weighted by molar-refractivity contribution is 0.151. The zero-order valence-electron chi connectivity index (χ0n) is 9.57. The van der Waals surface area contributed by atoms with Gasteiger partial charge in [0.25, 0.3) is 0 Å². The van der Waals surface area contributed by atoms with Crippen molar-refractivity contribution >= 4 is 0 Å². The van der Waals surface area contributed by atoms with E-state index in [0.717, 1.165) is 24.9 Å². The summed E-state index contributed by atoms with van der Waals surface area (Å²) in [5, 5.41) is 7.88. The maximum Gasteiger partial charge on any atom is 0.230 e. The molecule has 1 aliphatic heterocycles. The largest absolute Gasteiger partial charge is 0.424 e. The predicted molar refractivity (Wildman–Crippen MR) is 57.3 cm³/mol. The van der Waals surface area contributed by atoms with E-state index >= 15 is 0 Å². The SMILES string of the molecule is CC[C@H]1CCCN(Cc2nnc(C)o2)C1. The van der Waals surface area contributed by atoms with Crippen LogP contribution in [0.3, 0.4) is 0 Å². The minimum absolute atomic E-state index is 0.661. The van der Waals surface area contributed by atoms with E-state index < -0.39 is 0 Å². The van der Waals surface area contributed by atoms with Gasteiger partial charge in [-0.25, -0.2) is 0 Å².